The highest BCUT2D eigenvalue weighted by atomic mass is 16.5. The molecule has 6 nitrogen and oxygen atoms in total. The van der Waals surface area contributed by atoms with Crippen molar-refractivity contribution >= 4 is 16.9 Å². The van der Waals surface area contributed by atoms with Gasteiger partial charge in [0.2, 0.25) is 0 Å². The number of ether oxygens (including phenoxy) is 1. The van der Waals surface area contributed by atoms with Crippen LogP contribution in [0.25, 0.3) is 11.0 Å². The molecular weight excluding hydrogens is 340 g/mol. The number of hydrogen-bond acceptors (Lipinski definition) is 4. The normalized spacial score (nSPS) is 11.1. The van der Waals surface area contributed by atoms with Gasteiger partial charge in [0, 0.05) is 24.6 Å². The highest BCUT2D eigenvalue weighted by molar-refractivity contribution is 5.94. The molecule has 0 aliphatic heterocycles. The molecule has 3 rings (SSSR count). The van der Waals surface area contributed by atoms with E-state index in [1.807, 2.05) is 30.7 Å². The average molecular weight is 366 g/mol. The van der Waals surface area contributed by atoms with Crippen molar-refractivity contribution in [3.05, 3.63) is 53.1 Å². The molecule has 2 aromatic carbocycles. The number of carbonyl (C=O) groups excluding carboxylic acids is 1. The molecule has 0 radical (unpaired) electrons. The standard InChI is InChI=1S/C21H26N4O2/c1-14(2)22-21(26)17-6-8-18(9-7-17)27-11-5-10-25-20-13-16(4)15(3)12-19(20)23-24-25/h6-9,12-14H,5,10-11H2,1-4H3,(H,22,26). The van der Waals surface area contributed by atoms with E-state index in [1.54, 1.807) is 12.1 Å². The van der Waals surface area contributed by atoms with Crippen LogP contribution in [0.3, 0.4) is 0 Å². The van der Waals surface area contributed by atoms with Crippen LogP contribution in [0.5, 0.6) is 5.75 Å². The Morgan fingerprint density at radius 1 is 1.15 bits per heavy atom. The fraction of sp³-hybridized carbons (Fsp3) is 0.381. The maximum Gasteiger partial charge on any atom is 0.251 e. The van der Waals surface area contributed by atoms with E-state index < -0.39 is 0 Å². The molecule has 142 valence electrons. The number of aromatic nitrogens is 3. The van der Waals surface area contributed by atoms with Crippen LogP contribution in [0.2, 0.25) is 0 Å². The van der Waals surface area contributed by atoms with Crippen molar-refractivity contribution in [3.8, 4) is 5.75 Å². The minimum atomic E-state index is -0.0693. The topological polar surface area (TPSA) is 69.0 Å². The molecule has 0 fully saturated rings. The molecular formula is C21H26N4O2. The highest BCUT2D eigenvalue weighted by Gasteiger charge is 2.08. The average Bonchev–Trinajstić information content (AvgIpc) is 3.01. The summed E-state index contributed by atoms with van der Waals surface area (Å²) in [5, 5.41) is 11.4. The Balaban J connectivity index is 1.52. The lowest BCUT2D eigenvalue weighted by molar-refractivity contribution is 0.0943. The smallest absolute Gasteiger partial charge is 0.251 e. The van der Waals surface area contributed by atoms with Crippen molar-refractivity contribution in [3.63, 3.8) is 0 Å². The van der Waals surface area contributed by atoms with Gasteiger partial charge in [-0.2, -0.15) is 0 Å². The summed E-state index contributed by atoms with van der Waals surface area (Å²) in [4.78, 5) is 11.9. The lowest BCUT2D eigenvalue weighted by atomic mass is 10.1. The fourth-order valence-electron chi connectivity index (χ4n) is 2.84. The first-order valence-electron chi connectivity index (χ1n) is 9.28. The number of hydrogen-bond donors (Lipinski definition) is 1. The van der Waals surface area contributed by atoms with Crippen LogP contribution in [0.1, 0.15) is 41.8 Å². The second kappa shape index (κ2) is 8.20. The van der Waals surface area contributed by atoms with Crippen LogP contribution in [0.15, 0.2) is 36.4 Å². The maximum atomic E-state index is 11.9. The Morgan fingerprint density at radius 2 is 1.85 bits per heavy atom. The molecule has 0 spiro atoms. The highest BCUT2D eigenvalue weighted by Crippen LogP contribution is 2.17. The number of rotatable bonds is 7. The summed E-state index contributed by atoms with van der Waals surface area (Å²) in [6.07, 6.45) is 0.820. The van der Waals surface area contributed by atoms with Crippen LogP contribution in [-0.4, -0.2) is 33.5 Å². The molecule has 6 heteroatoms. The van der Waals surface area contributed by atoms with Gasteiger partial charge in [-0.1, -0.05) is 5.21 Å². The monoisotopic (exact) mass is 366 g/mol. The van der Waals surface area contributed by atoms with Gasteiger partial charge in [-0.15, -0.1) is 5.10 Å². The summed E-state index contributed by atoms with van der Waals surface area (Å²) in [7, 11) is 0. The third-order valence-electron chi connectivity index (χ3n) is 4.45. The fourth-order valence-corrected chi connectivity index (χ4v) is 2.84. The van der Waals surface area contributed by atoms with Crippen molar-refractivity contribution in [2.45, 2.75) is 46.7 Å². The molecule has 0 bridgehead atoms. The molecule has 1 heterocycles. The van der Waals surface area contributed by atoms with Crippen molar-refractivity contribution in [2.24, 2.45) is 0 Å². The Labute approximate surface area is 159 Å². The lowest BCUT2D eigenvalue weighted by Gasteiger charge is -2.10. The first-order chi connectivity index (χ1) is 12.9. The molecule has 0 unspecified atom stereocenters. The Hall–Kier alpha value is -2.89. The summed E-state index contributed by atoms with van der Waals surface area (Å²) in [5.74, 6) is 0.686. The van der Waals surface area contributed by atoms with Crippen LogP contribution < -0.4 is 10.1 Å². The van der Waals surface area contributed by atoms with Crippen LogP contribution in [-0.2, 0) is 6.54 Å². The molecule has 0 aliphatic carbocycles. The van der Waals surface area contributed by atoms with Gasteiger partial charge in [-0.05, 0) is 75.2 Å². The number of benzene rings is 2. The van der Waals surface area contributed by atoms with Crippen LogP contribution in [0, 0.1) is 13.8 Å². The van der Waals surface area contributed by atoms with E-state index in [9.17, 15) is 4.79 Å². The summed E-state index contributed by atoms with van der Waals surface area (Å²) in [5.41, 5.74) is 5.08. The van der Waals surface area contributed by atoms with Crippen LogP contribution >= 0.6 is 0 Å². The molecule has 3 aromatic rings. The molecule has 1 aromatic heterocycles. The van der Waals surface area contributed by atoms with Crippen molar-refractivity contribution in [2.75, 3.05) is 6.61 Å². The molecule has 0 saturated heterocycles. The zero-order valence-corrected chi connectivity index (χ0v) is 16.3. The van der Waals surface area contributed by atoms with Crippen molar-refractivity contribution in [1.82, 2.24) is 20.3 Å². The quantitative estimate of drug-likeness (QED) is 0.648. The number of carbonyl (C=O) groups is 1. The summed E-state index contributed by atoms with van der Waals surface area (Å²) in [6.45, 7) is 9.38. The summed E-state index contributed by atoms with van der Waals surface area (Å²) >= 11 is 0. The minimum absolute atomic E-state index is 0.0693. The first-order valence-corrected chi connectivity index (χ1v) is 9.28. The molecule has 27 heavy (non-hydrogen) atoms. The zero-order valence-electron chi connectivity index (χ0n) is 16.3. The third kappa shape index (κ3) is 4.64. The molecule has 1 amide bonds. The Bertz CT molecular complexity index is 929. The molecule has 1 N–H and O–H groups in total. The predicted octanol–water partition coefficient (Wildman–Crippen LogP) is 3.66. The second-order valence-corrected chi connectivity index (χ2v) is 7.09. The number of amides is 1. The van der Waals surface area contributed by atoms with Gasteiger partial charge in [0.05, 0.1) is 12.1 Å². The number of fused-ring (bicyclic) bond motifs is 1. The first kappa shape index (κ1) is 18.9. The van der Waals surface area contributed by atoms with Crippen LogP contribution in [0.4, 0.5) is 0 Å². The van der Waals surface area contributed by atoms with Gasteiger partial charge in [0.25, 0.3) is 5.91 Å². The zero-order chi connectivity index (χ0) is 19.4. The molecule has 0 atom stereocenters. The number of aryl methyl sites for hydroxylation is 3. The molecule has 0 saturated carbocycles. The largest absolute Gasteiger partial charge is 0.494 e. The van der Waals surface area contributed by atoms with Gasteiger partial charge in [0.1, 0.15) is 11.3 Å². The Kier molecular flexibility index (Phi) is 5.74. The van der Waals surface area contributed by atoms with Crippen molar-refractivity contribution in [1.29, 1.82) is 0 Å². The summed E-state index contributed by atoms with van der Waals surface area (Å²) < 4.78 is 7.70. The van der Waals surface area contributed by atoms with E-state index in [-0.39, 0.29) is 11.9 Å². The van der Waals surface area contributed by atoms with Gasteiger partial charge in [-0.3, -0.25) is 4.79 Å². The van der Waals surface area contributed by atoms with E-state index in [4.69, 9.17) is 4.74 Å². The number of nitrogens with one attached hydrogen (secondary N) is 1. The lowest BCUT2D eigenvalue weighted by Crippen LogP contribution is -2.29. The van der Waals surface area contributed by atoms with E-state index in [0.29, 0.717) is 12.2 Å². The SMILES string of the molecule is Cc1cc2nnn(CCCOc3ccc(C(=O)NC(C)C)cc3)c2cc1C. The third-order valence-corrected chi connectivity index (χ3v) is 4.45. The van der Waals surface area contributed by atoms with Gasteiger partial charge in [0.15, 0.2) is 0 Å². The van der Waals surface area contributed by atoms with E-state index >= 15 is 0 Å². The van der Waals surface area contributed by atoms with Gasteiger partial charge < -0.3 is 10.1 Å². The molecule has 0 aliphatic rings. The Morgan fingerprint density at radius 3 is 2.56 bits per heavy atom. The minimum Gasteiger partial charge on any atom is -0.494 e. The van der Waals surface area contributed by atoms with E-state index in [2.05, 4.69) is 41.6 Å². The van der Waals surface area contributed by atoms with E-state index in [0.717, 1.165) is 29.7 Å². The van der Waals surface area contributed by atoms with Gasteiger partial charge in [-0.25, -0.2) is 4.68 Å². The summed E-state index contributed by atoms with van der Waals surface area (Å²) in [6, 6.07) is 11.5. The predicted molar refractivity (Wildman–Crippen MR) is 106 cm³/mol. The van der Waals surface area contributed by atoms with Gasteiger partial charge >= 0.3 is 0 Å². The number of nitrogens with zero attached hydrogens (tertiary/aromatic N) is 3. The van der Waals surface area contributed by atoms with E-state index in [1.165, 1.54) is 11.1 Å². The van der Waals surface area contributed by atoms with Crippen molar-refractivity contribution < 1.29 is 9.53 Å². The maximum absolute atomic E-state index is 11.9. The second-order valence-electron chi connectivity index (χ2n) is 7.09.